The van der Waals surface area contributed by atoms with E-state index >= 15 is 0 Å². The average molecular weight is 298 g/mol. The summed E-state index contributed by atoms with van der Waals surface area (Å²) in [6.07, 6.45) is 0. The number of aliphatic carboxylic acids is 1. The van der Waals surface area contributed by atoms with Crippen LogP contribution < -0.4 is 5.32 Å². The molecule has 1 atom stereocenters. The van der Waals surface area contributed by atoms with Crippen molar-refractivity contribution in [1.82, 2.24) is 5.32 Å². The first kappa shape index (κ1) is 16.5. The lowest BCUT2D eigenvalue weighted by Gasteiger charge is -2.27. The first-order valence-electron chi connectivity index (χ1n) is 6.01. The van der Waals surface area contributed by atoms with Crippen LogP contribution in [0.5, 0.6) is 0 Å². The molecule has 0 aliphatic heterocycles. The highest BCUT2D eigenvalue weighted by Gasteiger charge is 2.33. The molecule has 0 fully saturated rings. The molecule has 114 valence electrons. The molecule has 7 nitrogen and oxygen atoms in total. The largest absolute Gasteiger partial charge is 0.480 e. The summed E-state index contributed by atoms with van der Waals surface area (Å²) in [5.41, 5.74) is -1.67. The number of halogens is 1. The van der Waals surface area contributed by atoms with Crippen LogP contribution in [0.3, 0.4) is 0 Å². The summed E-state index contributed by atoms with van der Waals surface area (Å²) < 4.78 is 13.3. The Bertz CT molecular complexity index is 595. The van der Waals surface area contributed by atoms with Crippen LogP contribution in [0.15, 0.2) is 18.2 Å². The molecule has 0 radical (unpaired) electrons. The van der Waals surface area contributed by atoms with Crippen molar-refractivity contribution in [3.05, 3.63) is 39.7 Å². The Hall–Kier alpha value is -2.51. The quantitative estimate of drug-likeness (QED) is 0.652. The maximum Gasteiger partial charge on any atom is 0.326 e. The van der Waals surface area contributed by atoms with Gasteiger partial charge in [-0.2, -0.15) is 0 Å². The van der Waals surface area contributed by atoms with Crippen molar-refractivity contribution < 1.29 is 24.0 Å². The predicted molar refractivity (Wildman–Crippen MR) is 71.4 cm³/mol. The van der Waals surface area contributed by atoms with Crippen molar-refractivity contribution in [2.75, 3.05) is 0 Å². The van der Waals surface area contributed by atoms with Gasteiger partial charge in [0, 0.05) is 11.6 Å². The Balaban J connectivity index is 3.09. The third-order valence-corrected chi connectivity index (χ3v) is 2.74. The van der Waals surface area contributed by atoms with Crippen LogP contribution in [-0.2, 0) is 4.79 Å². The SMILES string of the molecule is CC(C)(C)[C@H](NC(=O)c1cc(F)cc([N+](=O)[O-])c1)C(=O)O. The standard InChI is InChI=1S/C13H15FN2O5/c1-13(2,3)10(12(18)19)15-11(17)7-4-8(14)6-9(5-7)16(20)21/h4-6,10H,1-3H3,(H,15,17)(H,18,19)/t10-/m1/s1. The van der Waals surface area contributed by atoms with Crippen molar-refractivity contribution in [3.8, 4) is 0 Å². The number of carboxylic acids is 1. The van der Waals surface area contributed by atoms with E-state index in [9.17, 15) is 24.1 Å². The Kier molecular flexibility index (Phi) is 4.62. The number of carboxylic acid groups (broad SMARTS) is 1. The summed E-state index contributed by atoms with van der Waals surface area (Å²) in [4.78, 5) is 32.9. The summed E-state index contributed by atoms with van der Waals surface area (Å²) in [6, 6.07) is 1.16. The van der Waals surface area contributed by atoms with Crippen LogP contribution >= 0.6 is 0 Å². The molecule has 0 saturated heterocycles. The molecule has 0 saturated carbocycles. The number of hydrogen-bond acceptors (Lipinski definition) is 4. The Labute approximate surface area is 119 Å². The highest BCUT2D eigenvalue weighted by molar-refractivity contribution is 5.97. The normalized spacial score (nSPS) is 12.6. The summed E-state index contributed by atoms with van der Waals surface area (Å²) in [5, 5.41) is 22.0. The van der Waals surface area contributed by atoms with Gasteiger partial charge in [-0.25, -0.2) is 9.18 Å². The highest BCUT2D eigenvalue weighted by atomic mass is 19.1. The van der Waals surface area contributed by atoms with Gasteiger partial charge in [-0.1, -0.05) is 20.8 Å². The predicted octanol–water partition coefficient (Wildman–Crippen LogP) is 1.96. The minimum absolute atomic E-state index is 0.308. The molecule has 2 N–H and O–H groups in total. The second-order valence-corrected chi connectivity index (χ2v) is 5.57. The summed E-state index contributed by atoms with van der Waals surface area (Å²) >= 11 is 0. The van der Waals surface area contributed by atoms with Crippen LogP contribution in [0.25, 0.3) is 0 Å². The van der Waals surface area contributed by atoms with Crippen LogP contribution in [0, 0.1) is 21.3 Å². The van der Waals surface area contributed by atoms with Crippen molar-refractivity contribution in [2.24, 2.45) is 5.41 Å². The average Bonchev–Trinajstić information content (AvgIpc) is 2.32. The first-order valence-corrected chi connectivity index (χ1v) is 6.01. The zero-order valence-electron chi connectivity index (χ0n) is 11.7. The van der Waals surface area contributed by atoms with Crippen molar-refractivity contribution >= 4 is 17.6 Å². The minimum atomic E-state index is -1.25. The topological polar surface area (TPSA) is 110 Å². The van der Waals surface area contributed by atoms with Gasteiger partial charge in [0.05, 0.1) is 11.0 Å². The van der Waals surface area contributed by atoms with E-state index in [1.54, 1.807) is 20.8 Å². The van der Waals surface area contributed by atoms with Crippen molar-refractivity contribution in [1.29, 1.82) is 0 Å². The number of rotatable bonds is 4. The van der Waals surface area contributed by atoms with Gasteiger partial charge in [0.2, 0.25) is 0 Å². The zero-order chi connectivity index (χ0) is 16.4. The lowest BCUT2D eigenvalue weighted by Crippen LogP contribution is -2.49. The second kappa shape index (κ2) is 5.86. The van der Waals surface area contributed by atoms with Gasteiger partial charge in [-0.05, 0) is 11.5 Å². The summed E-state index contributed by atoms with van der Waals surface area (Å²) in [7, 11) is 0. The van der Waals surface area contributed by atoms with Gasteiger partial charge in [-0.15, -0.1) is 0 Å². The molecule has 0 unspecified atom stereocenters. The molecule has 1 aromatic carbocycles. The van der Waals surface area contributed by atoms with E-state index < -0.39 is 39.8 Å². The molecule has 0 spiro atoms. The monoisotopic (exact) mass is 298 g/mol. The number of nitrogens with zero attached hydrogens (tertiary/aromatic N) is 1. The lowest BCUT2D eigenvalue weighted by molar-refractivity contribution is -0.385. The van der Waals surface area contributed by atoms with Crippen LogP contribution in [0.4, 0.5) is 10.1 Å². The minimum Gasteiger partial charge on any atom is -0.480 e. The second-order valence-electron chi connectivity index (χ2n) is 5.57. The van der Waals surface area contributed by atoms with Gasteiger partial charge in [0.15, 0.2) is 0 Å². The molecule has 0 heterocycles. The number of non-ortho nitro benzene ring substituents is 1. The van der Waals surface area contributed by atoms with Gasteiger partial charge in [0.1, 0.15) is 11.9 Å². The van der Waals surface area contributed by atoms with Gasteiger partial charge < -0.3 is 10.4 Å². The van der Waals surface area contributed by atoms with E-state index in [0.29, 0.717) is 6.07 Å². The fourth-order valence-electron chi connectivity index (χ4n) is 1.67. The Morgan fingerprint density at radius 3 is 2.33 bits per heavy atom. The smallest absolute Gasteiger partial charge is 0.326 e. The highest BCUT2D eigenvalue weighted by Crippen LogP contribution is 2.21. The molecular weight excluding hydrogens is 283 g/mol. The fraction of sp³-hybridized carbons (Fsp3) is 0.385. The van der Waals surface area contributed by atoms with Crippen LogP contribution in [0.2, 0.25) is 0 Å². The van der Waals surface area contributed by atoms with Crippen molar-refractivity contribution in [3.63, 3.8) is 0 Å². The van der Waals surface area contributed by atoms with Gasteiger partial charge >= 0.3 is 5.97 Å². The first-order chi connectivity index (χ1) is 9.52. The summed E-state index contributed by atoms with van der Waals surface area (Å²) in [6.45, 7) is 4.83. The molecule has 0 aliphatic carbocycles. The Morgan fingerprint density at radius 1 is 1.33 bits per heavy atom. The zero-order valence-corrected chi connectivity index (χ0v) is 11.7. The lowest BCUT2D eigenvalue weighted by atomic mass is 9.86. The molecule has 0 bridgehead atoms. The molecule has 0 aliphatic rings. The summed E-state index contributed by atoms with van der Waals surface area (Å²) in [5.74, 6) is -3.08. The van der Waals surface area contributed by atoms with Crippen molar-refractivity contribution in [2.45, 2.75) is 26.8 Å². The van der Waals surface area contributed by atoms with E-state index in [0.717, 1.165) is 12.1 Å². The number of nitro groups is 1. The molecular formula is C13H15FN2O5. The molecule has 21 heavy (non-hydrogen) atoms. The number of amides is 1. The third-order valence-electron chi connectivity index (χ3n) is 2.74. The molecule has 0 aromatic heterocycles. The number of nitro benzene ring substituents is 1. The molecule has 1 rings (SSSR count). The van der Waals surface area contributed by atoms with Crippen LogP contribution in [-0.4, -0.2) is 27.9 Å². The van der Waals surface area contributed by atoms with Crippen LogP contribution in [0.1, 0.15) is 31.1 Å². The molecule has 1 amide bonds. The number of benzene rings is 1. The van der Waals surface area contributed by atoms with E-state index in [-0.39, 0.29) is 5.56 Å². The van der Waals surface area contributed by atoms with Gasteiger partial charge in [0.25, 0.3) is 11.6 Å². The van der Waals surface area contributed by atoms with E-state index in [2.05, 4.69) is 5.32 Å². The third kappa shape index (κ3) is 4.23. The van der Waals surface area contributed by atoms with E-state index in [1.807, 2.05) is 0 Å². The number of hydrogen-bond donors (Lipinski definition) is 2. The number of carbonyl (C=O) groups excluding carboxylic acids is 1. The Morgan fingerprint density at radius 2 is 1.90 bits per heavy atom. The number of carbonyl (C=O) groups is 2. The molecule has 8 heteroatoms. The maximum absolute atomic E-state index is 13.3. The molecule has 1 aromatic rings. The number of nitrogens with one attached hydrogen (secondary N) is 1. The van der Waals surface area contributed by atoms with E-state index in [1.165, 1.54) is 0 Å². The van der Waals surface area contributed by atoms with E-state index in [4.69, 9.17) is 5.11 Å². The maximum atomic E-state index is 13.3. The van der Waals surface area contributed by atoms with Gasteiger partial charge in [-0.3, -0.25) is 14.9 Å². The fourth-order valence-corrected chi connectivity index (χ4v) is 1.67.